The van der Waals surface area contributed by atoms with Crippen molar-refractivity contribution in [3.63, 3.8) is 0 Å². The van der Waals surface area contributed by atoms with Crippen LogP contribution in [0.5, 0.6) is 0 Å². The Labute approximate surface area is 106 Å². The van der Waals surface area contributed by atoms with E-state index in [0.717, 1.165) is 24.8 Å². The third-order valence-electron chi connectivity index (χ3n) is 3.77. The van der Waals surface area contributed by atoms with Crippen LogP contribution in [0.4, 0.5) is 0 Å². The van der Waals surface area contributed by atoms with Crippen LogP contribution in [-0.4, -0.2) is 18.0 Å². The predicted molar refractivity (Wildman–Crippen MR) is 71.1 cm³/mol. The van der Waals surface area contributed by atoms with E-state index in [4.69, 9.17) is 4.74 Å². The first-order valence-electron chi connectivity index (χ1n) is 5.89. The van der Waals surface area contributed by atoms with E-state index in [2.05, 4.69) is 54.0 Å². The van der Waals surface area contributed by atoms with Gasteiger partial charge in [-0.2, -0.15) is 0 Å². The average molecular weight is 283 g/mol. The van der Waals surface area contributed by atoms with Crippen molar-refractivity contribution in [1.29, 1.82) is 0 Å². The number of aryl methyl sites for hydroxylation is 1. The average Bonchev–Trinajstić information content (AvgIpc) is 2.64. The van der Waals surface area contributed by atoms with Gasteiger partial charge in [-0.3, -0.25) is 0 Å². The minimum atomic E-state index is 0.287. The van der Waals surface area contributed by atoms with E-state index in [1.165, 1.54) is 11.1 Å². The van der Waals surface area contributed by atoms with Crippen LogP contribution in [0.2, 0.25) is 0 Å². The van der Waals surface area contributed by atoms with Gasteiger partial charge < -0.3 is 4.74 Å². The monoisotopic (exact) mass is 282 g/mol. The number of benzene rings is 1. The molecule has 0 bridgehead atoms. The van der Waals surface area contributed by atoms with Gasteiger partial charge in [0.05, 0.1) is 6.10 Å². The molecule has 1 fully saturated rings. The highest BCUT2D eigenvalue weighted by atomic mass is 79.9. The maximum absolute atomic E-state index is 5.73. The molecule has 1 nitrogen and oxygen atoms in total. The molecule has 1 aliphatic rings. The second-order valence-electron chi connectivity index (χ2n) is 4.92. The zero-order chi connectivity index (χ0) is 11.6. The lowest BCUT2D eigenvalue weighted by atomic mass is 9.78. The van der Waals surface area contributed by atoms with Gasteiger partial charge in [0.15, 0.2) is 0 Å². The molecule has 2 heteroatoms. The third kappa shape index (κ3) is 2.33. The number of hydrogen-bond donors (Lipinski definition) is 0. The second kappa shape index (κ2) is 4.89. The molecule has 1 aliphatic heterocycles. The Morgan fingerprint density at radius 2 is 2.06 bits per heavy atom. The summed E-state index contributed by atoms with van der Waals surface area (Å²) in [6.45, 7) is 5.23. The van der Waals surface area contributed by atoms with E-state index in [-0.39, 0.29) is 5.41 Å². The standard InChI is InChI=1S/C14H19BrO/c1-11-3-5-13(6-4-11)9-14(10-15)7-8-16-12(14)2/h3-6,12H,7-10H2,1-2H3. The van der Waals surface area contributed by atoms with Crippen LogP contribution in [0, 0.1) is 12.3 Å². The van der Waals surface area contributed by atoms with Crippen molar-refractivity contribution < 1.29 is 4.74 Å². The molecule has 0 aliphatic carbocycles. The van der Waals surface area contributed by atoms with Crippen molar-refractivity contribution in [2.45, 2.75) is 32.8 Å². The highest BCUT2D eigenvalue weighted by molar-refractivity contribution is 9.09. The van der Waals surface area contributed by atoms with Crippen molar-refractivity contribution in [3.05, 3.63) is 35.4 Å². The number of rotatable bonds is 3. The van der Waals surface area contributed by atoms with Crippen LogP contribution in [0.1, 0.15) is 24.5 Å². The topological polar surface area (TPSA) is 9.23 Å². The summed E-state index contributed by atoms with van der Waals surface area (Å²) in [5, 5.41) is 1.02. The van der Waals surface area contributed by atoms with Gasteiger partial charge in [0.2, 0.25) is 0 Å². The Morgan fingerprint density at radius 3 is 2.56 bits per heavy atom. The molecule has 1 aromatic carbocycles. The molecule has 88 valence electrons. The lowest BCUT2D eigenvalue weighted by Gasteiger charge is -2.30. The van der Waals surface area contributed by atoms with Gasteiger partial charge in [0, 0.05) is 17.4 Å². The van der Waals surface area contributed by atoms with Crippen LogP contribution in [0.25, 0.3) is 0 Å². The van der Waals surface area contributed by atoms with Crippen LogP contribution in [0.3, 0.4) is 0 Å². The van der Waals surface area contributed by atoms with E-state index in [9.17, 15) is 0 Å². The molecule has 2 rings (SSSR count). The van der Waals surface area contributed by atoms with Gasteiger partial charge in [-0.1, -0.05) is 45.8 Å². The van der Waals surface area contributed by atoms with Crippen LogP contribution in [-0.2, 0) is 11.2 Å². The predicted octanol–water partition coefficient (Wildman–Crippen LogP) is 3.73. The normalized spacial score (nSPS) is 29.6. The lowest BCUT2D eigenvalue weighted by molar-refractivity contribution is 0.0746. The van der Waals surface area contributed by atoms with E-state index in [1.54, 1.807) is 0 Å². The maximum Gasteiger partial charge on any atom is 0.0615 e. The summed E-state index contributed by atoms with van der Waals surface area (Å²) in [7, 11) is 0. The SMILES string of the molecule is Cc1ccc(CC2(CBr)CCOC2C)cc1. The molecule has 0 saturated carbocycles. The summed E-state index contributed by atoms with van der Waals surface area (Å²) in [5.74, 6) is 0. The summed E-state index contributed by atoms with van der Waals surface area (Å²) in [4.78, 5) is 0. The zero-order valence-corrected chi connectivity index (χ0v) is 11.6. The quantitative estimate of drug-likeness (QED) is 0.768. The molecule has 1 heterocycles. The van der Waals surface area contributed by atoms with Gasteiger partial charge in [-0.05, 0) is 32.3 Å². The van der Waals surface area contributed by atoms with Gasteiger partial charge in [0.25, 0.3) is 0 Å². The second-order valence-corrected chi connectivity index (χ2v) is 5.48. The zero-order valence-electron chi connectivity index (χ0n) is 10.0. The highest BCUT2D eigenvalue weighted by Gasteiger charge is 2.40. The lowest BCUT2D eigenvalue weighted by Crippen LogP contribution is -2.32. The summed E-state index contributed by atoms with van der Waals surface area (Å²) in [6.07, 6.45) is 2.63. The van der Waals surface area contributed by atoms with E-state index >= 15 is 0 Å². The Morgan fingerprint density at radius 1 is 1.38 bits per heavy atom. The van der Waals surface area contributed by atoms with Crippen molar-refractivity contribution in [2.75, 3.05) is 11.9 Å². The Bertz CT molecular complexity index is 346. The van der Waals surface area contributed by atoms with E-state index in [0.29, 0.717) is 6.10 Å². The molecule has 0 aromatic heterocycles. The van der Waals surface area contributed by atoms with E-state index < -0.39 is 0 Å². The van der Waals surface area contributed by atoms with Gasteiger partial charge >= 0.3 is 0 Å². The van der Waals surface area contributed by atoms with Crippen LogP contribution >= 0.6 is 15.9 Å². The summed E-state index contributed by atoms with van der Waals surface area (Å²) < 4.78 is 5.73. The van der Waals surface area contributed by atoms with Crippen LogP contribution in [0.15, 0.2) is 24.3 Å². The first-order chi connectivity index (χ1) is 7.66. The maximum atomic E-state index is 5.73. The Kier molecular flexibility index (Phi) is 3.70. The molecular formula is C14H19BrO. The van der Waals surface area contributed by atoms with Crippen molar-refractivity contribution >= 4 is 15.9 Å². The molecule has 16 heavy (non-hydrogen) atoms. The first kappa shape index (κ1) is 12.1. The van der Waals surface area contributed by atoms with E-state index in [1.807, 2.05) is 0 Å². The fourth-order valence-electron chi connectivity index (χ4n) is 2.39. The molecule has 0 amide bonds. The third-order valence-corrected chi connectivity index (χ3v) is 4.89. The fraction of sp³-hybridized carbons (Fsp3) is 0.571. The summed E-state index contributed by atoms with van der Waals surface area (Å²) in [6, 6.07) is 8.87. The van der Waals surface area contributed by atoms with Gasteiger partial charge in [-0.25, -0.2) is 0 Å². The largest absolute Gasteiger partial charge is 0.378 e. The fourth-order valence-corrected chi connectivity index (χ4v) is 3.32. The van der Waals surface area contributed by atoms with Gasteiger partial charge in [0.1, 0.15) is 0 Å². The van der Waals surface area contributed by atoms with Crippen molar-refractivity contribution in [2.24, 2.45) is 5.41 Å². The minimum absolute atomic E-state index is 0.287. The summed E-state index contributed by atoms with van der Waals surface area (Å²) >= 11 is 3.67. The van der Waals surface area contributed by atoms with Gasteiger partial charge in [-0.15, -0.1) is 0 Å². The Hall–Kier alpha value is -0.340. The smallest absolute Gasteiger partial charge is 0.0615 e. The Balaban J connectivity index is 2.15. The number of hydrogen-bond acceptors (Lipinski definition) is 1. The summed E-state index contributed by atoms with van der Waals surface area (Å²) in [5.41, 5.74) is 3.03. The molecule has 2 atom stereocenters. The molecule has 0 spiro atoms. The number of ether oxygens (including phenoxy) is 1. The molecule has 0 radical (unpaired) electrons. The molecule has 0 N–H and O–H groups in total. The van der Waals surface area contributed by atoms with Crippen molar-refractivity contribution in [3.8, 4) is 0 Å². The van der Waals surface area contributed by atoms with Crippen molar-refractivity contribution in [1.82, 2.24) is 0 Å². The molecular weight excluding hydrogens is 264 g/mol. The van der Waals surface area contributed by atoms with Crippen LogP contribution < -0.4 is 0 Å². The minimum Gasteiger partial charge on any atom is -0.378 e. The highest BCUT2D eigenvalue weighted by Crippen LogP contribution is 2.39. The number of halogens is 1. The molecule has 1 saturated heterocycles. The molecule has 1 aromatic rings. The number of alkyl halides is 1. The first-order valence-corrected chi connectivity index (χ1v) is 7.01. The molecule has 2 unspecified atom stereocenters.